The maximum Gasteiger partial charge on any atom is 0.176 e. The van der Waals surface area contributed by atoms with E-state index in [1.165, 1.54) is 6.07 Å². The standard InChI is InChI=1S/C7H8ClNO2/c8-5-2-1-4(3-9)6(10)7(5)11/h1-2,10-11H,3,9H2. The summed E-state index contributed by atoms with van der Waals surface area (Å²) < 4.78 is 0. The molecule has 0 unspecified atom stereocenters. The highest BCUT2D eigenvalue weighted by atomic mass is 35.5. The molecule has 4 heteroatoms. The van der Waals surface area contributed by atoms with Crippen molar-refractivity contribution in [2.45, 2.75) is 6.54 Å². The molecule has 60 valence electrons. The largest absolute Gasteiger partial charge is 0.504 e. The summed E-state index contributed by atoms with van der Waals surface area (Å²) in [6.45, 7) is 0.177. The minimum absolute atomic E-state index is 0.125. The van der Waals surface area contributed by atoms with Gasteiger partial charge in [-0.05, 0) is 6.07 Å². The first-order chi connectivity index (χ1) is 5.16. The van der Waals surface area contributed by atoms with Crippen molar-refractivity contribution in [1.82, 2.24) is 0 Å². The monoisotopic (exact) mass is 173 g/mol. The molecule has 0 saturated carbocycles. The summed E-state index contributed by atoms with van der Waals surface area (Å²) in [5, 5.41) is 18.4. The Bertz CT molecular complexity index is 275. The van der Waals surface area contributed by atoms with Crippen molar-refractivity contribution < 1.29 is 10.2 Å². The van der Waals surface area contributed by atoms with Crippen LogP contribution in [-0.2, 0) is 6.54 Å². The van der Waals surface area contributed by atoms with Crippen LogP contribution >= 0.6 is 11.6 Å². The van der Waals surface area contributed by atoms with E-state index in [0.29, 0.717) is 5.56 Å². The van der Waals surface area contributed by atoms with Crippen molar-refractivity contribution in [1.29, 1.82) is 0 Å². The number of hydrogen-bond donors (Lipinski definition) is 3. The Kier molecular flexibility index (Phi) is 2.22. The Morgan fingerprint density at radius 2 is 1.91 bits per heavy atom. The van der Waals surface area contributed by atoms with Crippen LogP contribution in [0.3, 0.4) is 0 Å². The second-order valence-electron chi connectivity index (χ2n) is 2.11. The molecule has 0 aliphatic heterocycles. The van der Waals surface area contributed by atoms with E-state index in [4.69, 9.17) is 27.5 Å². The van der Waals surface area contributed by atoms with Gasteiger partial charge in [-0.2, -0.15) is 0 Å². The third-order valence-electron chi connectivity index (χ3n) is 1.41. The molecule has 0 atom stereocenters. The van der Waals surface area contributed by atoms with Crippen LogP contribution < -0.4 is 5.73 Å². The minimum atomic E-state index is -0.311. The Hall–Kier alpha value is -0.930. The van der Waals surface area contributed by atoms with Gasteiger partial charge in [0.2, 0.25) is 0 Å². The molecule has 1 rings (SSSR count). The molecule has 3 nitrogen and oxygen atoms in total. The van der Waals surface area contributed by atoms with E-state index in [9.17, 15) is 0 Å². The zero-order valence-corrected chi connectivity index (χ0v) is 6.47. The Balaban J connectivity index is 3.25. The van der Waals surface area contributed by atoms with E-state index in [1.807, 2.05) is 0 Å². The van der Waals surface area contributed by atoms with Crippen molar-refractivity contribution in [2.24, 2.45) is 5.73 Å². The molecule has 0 heterocycles. The van der Waals surface area contributed by atoms with E-state index < -0.39 is 0 Å². The molecule has 0 spiro atoms. The summed E-state index contributed by atoms with van der Waals surface area (Å²) in [4.78, 5) is 0. The summed E-state index contributed by atoms with van der Waals surface area (Å²) in [5.74, 6) is -0.547. The quantitative estimate of drug-likeness (QED) is 0.560. The first-order valence-corrected chi connectivity index (χ1v) is 3.44. The molecule has 0 amide bonds. The first-order valence-electron chi connectivity index (χ1n) is 3.06. The van der Waals surface area contributed by atoms with Crippen LogP contribution in [0.4, 0.5) is 0 Å². The van der Waals surface area contributed by atoms with Crippen molar-refractivity contribution >= 4 is 11.6 Å². The highest BCUT2D eigenvalue weighted by molar-refractivity contribution is 6.32. The summed E-state index contributed by atoms with van der Waals surface area (Å²) in [6, 6.07) is 3.05. The van der Waals surface area contributed by atoms with Crippen LogP contribution in [0.2, 0.25) is 5.02 Å². The van der Waals surface area contributed by atoms with Gasteiger partial charge < -0.3 is 15.9 Å². The molecule has 1 aromatic rings. The molecular formula is C7H8ClNO2. The van der Waals surface area contributed by atoms with E-state index in [1.54, 1.807) is 6.07 Å². The maximum absolute atomic E-state index is 9.16. The SMILES string of the molecule is NCc1ccc(Cl)c(O)c1O. The number of hydrogen-bond acceptors (Lipinski definition) is 3. The van der Waals surface area contributed by atoms with Crippen LogP contribution in [0.1, 0.15) is 5.56 Å². The number of phenolic OH excluding ortho intramolecular Hbond substituents is 2. The fraction of sp³-hybridized carbons (Fsp3) is 0.143. The van der Waals surface area contributed by atoms with Crippen LogP contribution in [-0.4, -0.2) is 10.2 Å². The van der Waals surface area contributed by atoms with Crippen molar-refractivity contribution in [3.05, 3.63) is 22.7 Å². The Morgan fingerprint density at radius 1 is 1.27 bits per heavy atom. The minimum Gasteiger partial charge on any atom is -0.504 e. The molecule has 1 aromatic carbocycles. The number of aromatic hydroxyl groups is 2. The van der Waals surface area contributed by atoms with Crippen LogP contribution in [0.5, 0.6) is 11.5 Å². The normalized spacial score (nSPS) is 10.0. The lowest BCUT2D eigenvalue weighted by Crippen LogP contribution is -1.96. The topological polar surface area (TPSA) is 66.5 Å². The summed E-state index contributed by atoms with van der Waals surface area (Å²) in [6.07, 6.45) is 0. The summed E-state index contributed by atoms with van der Waals surface area (Å²) in [5.41, 5.74) is 5.73. The van der Waals surface area contributed by atoms with E-state index in [-0.39, 0.29) is 23.1 Å². The lowest BCUT2D eigenvalue weighted by Gasteiger charge is -2.03. The predicted molar refractivity (Wildman–Crippen MR) is 42.7 cm³/mol. The number of halogens is 1. The van der Waals surface area contributed by atoms with Gasteiger partial charge in [-0.1, -0.05) is 17.7 Å². The number of nitrogens with two attached hydrogens (primary N) is 1. The highest BCUT2D eigenvalue weighted by Gasteiger charge is 2.07. The number of phenols is 2. The molecule has 0 aliphatic carbocycles. The fourth-order valence-corrected chi connectivity index (χ4v) is 0.914. The van der Waals surface area contributed by atoms with Crippen LogP contribution in [0, 0.1) is 0 Å². The molecule has 11 heavy (non-hydrogen) atoms. The molecule has 0 bridgehead atoms. The molecule has 0 fully saturated rings. The van der Waals surface area contributed by atoms with E-state index in [2.05, 4.69) is 0 Å². The molecular weight excluding hydrogens is 166 g/mol. The van der Waals surface area contributed by atoms with Gasteiger partial charge in [-0.15, -0.1) is 0 Å². The lowest BCUT2D eigenvalue weighted by molar-refractivity contribution is 0.400. The Morgan fingerprint density at radius 3 is 2.45 bits per heavy atom. The predicted octanol–water partition coefficient (Wildman–Crippen LogP) is 1.21. The summed E-state index contributed by atoms with van der Waals surface area (Å²) >= 11 is 5.49. The Labute approximate surface area is 69.0 Å². The molecule has 4 N–H and O–H groups in total. The van der Waals surface area contributed by atoms with Crippen LogP contribution in [0.25, 0.3) is 0 Å². The second kappa shape index (κ2) is 2.98. The summed E-state index contributed by atoms with van der Waals surface area (Å²) in [7, 11) is 0. The van der Waals surface area contributed by atoms with Gasteiger partial charge in [0, 0.05) is 12.1 Å². The maximum atomic E-state index is 9.16. The molecule has 0 radical (unpaired) electrons. The molecule has 0 saturated heterocycles. The zero-order valence-electron chi connectivity index (χ0n) is 5.71. The fourth-order valence-electron chi connectivity index (χ4n) is 0.762. The van der Waals surface area contributed by atoms with Gasteiger partial charge >= 0.3 is 0 Å². The zero-order chi connectivity index (χ0) is 8.43. The van der Waals surface area contributed by atoms with Crippen molar-refractivity contribution in [2.75, 3.05) is 0 Å². The third kappa shape index (κ3) is 1.39. The van der Waals surface area contributed by atoms with Gasteiger partial charge in [-0.3, -0.25) is 0 Å². The average molecular weight is 174 g/mol. The van der Waals surface area contributed by atoms with Gasteiger partial charge in [0.1, 0.15) is 0 Å². The average Bonchev–Trinajstić information content (AvgIpc) is 2.01. The first kappa shape index (κ1) is 8.17. The van der Waals surface area contributed by atoms with Crippen molar-refractivity contribution in [3.63, 3.8) is 0 Å². The molecule has 0 aliphatic rings. The third-order valence-corrected chi connectivity index (χ3v) is 1.71. The number of benzene rings is 1. The van der Waals surface area contributed by atoms with Crippen LogP contribution in [0.15, 0.2) is 12.1 Å². The van der Waals surface area contributed by atoms with E-state index >= 15 is 0 Å². The smallest absolute Gasteiger partial charge is 0.176 e. The van der Waals surface area contributed by atoms with E-state index in [0.717, 1.165) is 0 Å². The van der Waals surface area contributed by atoms with Gasteiger partial charge in [0.15, 0.2) is 11.5 Å². The lowest BCUT2D eigenvalue weighted by atomic mass is 10.2. The van der Waals surface area contributed by atoms with Crippen molar-refractivity contribution in [3.8, 4) is 11.5 Å². The van der Waals surface area contributed by atoms with Gasteiger partial charge in [0.25, 0.3) is 0 Å². The second-order valence-corrected chi connectivity index (χ2v) is 2.52. The van der Waals surface area contributed by atoms with Gasteiger partial charge in [-0.25, -0.2) is 0 Å². The number of rotatable bonds is 1. The van der Waals surface area contributed by atoms with Gasteiger partial charge in [0.05, 0.1) is 5.02 Å². The highest BCUT2D eigenvalue weighted by Crippen LogP contribution is 2.35. The molecule has 0 aromatic heterocycles.